The second kappa shape index (κ2) is 6.04. The van der Waals surface area contributed by atoms with Crippen molar-refractivity contribution in [3.8, 4) is 0 Å². The molecule has 1 amide bonds. The Labute approximate surface area is 116 Å². The van der Waals surface area contributed by atoms with Crippen LogP contribution in [0.2, 0.25) is 0 Å². The van der Waals surface area contributed by atoms with Gasteiger partial charge >= 0.3 is 0 Å². The summed E-state index contributed by atoms with van der Waals surface area (Å²) in [7, 11) is 0. The molecule has 3 N–H and O–H groups in total. The molecule has 5 heteroatoms. The molecule has 1 atom stereocenters. The third-order valence-corrected chi connectivity index (χ3v) is 3.83. The Kier molecular flexibility index (Phi) is 4.39. The van der Waals surface area contributed by atoms with Crippen LogP contribution in [-0.4, -0.2) is 25.2 Å². The molecule has 2 aromatic rings. The van der Waals surface area contributed by atoms with Crippen molar-refractivity contribution in [3.63, 3.8) is 0 Å². The number of carbonyl (C=O) groups excluding carboxylic acids is 1. The highest BCUT2D eigenvalue weighted by molar-refractivity contribution is 7.20. The first-order valence-electron chi connectivity index (χ1n) is 6.28. The number of ether oxygens (including phenoxy) is 1. The fourth-order valence-corrected chi connectivity index (χ4v) is 2.75. The lowest BCUT2D eigenvalue weighted by Crippen LogP contribution is -2.35. The quantitative estimate of drug-likeness (QED) is 0.826. The van der Waals surface area contributed by atoms with E-state index in [4.69, 9.17) is 10.5 Å². The topological polar surface area (TPSA) is 64.3 Å². The number of carbonyl (C=O) groups is 1. The maximum Gasteiger partial charge on any atom is 0.261 e. The summed E-state index contributed by atoms with van der Waals surface area (Å²) in [6.07, 6.45) is 0. The predicted octanol–water partition coefficient (Wildman–Crippen LogP) is 2.64. The molecule has 1 unspecified atom stereocenters. The first kappa shape index (κ1) is 13.8. The molecule has 102 valence electrons. The SMILES string of the molecule is CCOCC(C)NC(=O)c1cc2cc(N)ccc2s1. The van der Waals surface area contributed by atoms with Gasteiger partial charge < -0.3 is 15.8 Å². The molecule has 0 aliphatic heterocycles. The van der Waals surface area contributed by atoms with E-state index >= 15 is 0 Å². The smallest absolute Gasteiger partial charge is 0.261 e. The van der Waals surface area contributed by atoms with Gasteiger partial charge in [0.05, 0.1) is 11.5 Å². The lowest BCUT2D eigenvalue weighted by Gasteiger charge is -2.12. The lowest BCUT2D eigenvalue weighted by atomic mass is 10.2. The zero-order valence-electron chi connectivity index (χ0n) is 11.1. The van der Waals surface area contributed by atoms with Gasteiger partial charge in [0.1, 0.15) is 0 Å². The van der Waals surface area contributed by atoms with Crippen LogP contribution in [0.3, 0.4) is 0 Å². The fraction of sp³-hybridized carbons (Fsp3) is 0.357. The van der Waals surface area contributed by atoms with Gasteiger partial charge in [0.25, 0.3) is 5.91 Å². The van der Waals surface area contributed by atoms with Gasteiger partial charge in [0, 0.05) is 23.0 Å². The van der Waals surface area contributed by atoms with E-state index in [1.807, 2.05) is 38.1 Å². The average molecular weight is 278 g/mol. The third-order valence-electron chi connectivity index (χ3n) is 2.71. The monoisotopic (exact) mass is 278 g/mol. The van der Waals surface area contributed by atoms with Crippen molar-refractivity contribution in [2.45, 2.75) is 19.9 Å². The summed E-state index contributed by atoms with van der Waals surface area (Å²) in [6.45, 7) is 5.05. The summed E-state index contributed by atoms with van der Waals surface area (Å²) >= 11 is 1.47. The summed E-state index contributed by atoms with van der Waals surface area (Å²) in [6, 6.07) is 7.54. The number of anilines is 1. The van der Waals surface area contributed by atoms with Crippen LogP contribution < -0.4 is 11.1 Å². The third kappa shape index (κ3) is 3.45. The molecule has 0 saturated carbocycles. The van der Waals surface area contributed by atoms with Gasteiger partial charge in [0.2, 0.25) is 0 Å². The van der Waals surface area contributed by atoms with Crippen molar-refractivity contribution in [2.75, 3.05) is 18.9 Å². The second-order valence-electron chi connectivity index (χ2n) is 4.44. The van der Waals surface area contributed by atoms with Crippen LogP contribution in [0.15, 0.2) is 24.3 Å². The maximum absolute atomic E-state index is 12.1. The van der Waals surface area contributed by atoms with E-state index in [0.29, 0.717) is 23.8 Å². The second-order valence-corrected chi connectivity index (χ2v) is 5.53. The van der Waals surface area contributed by atoms with Crippen LogP contribution in [0, 0.1) is 0 Å². The standard InChI is InChI=1S/C14H18N2O2S/c1-3-18-8-9(2)16-14(17)13-7-10-6-11(15)4-5-12(10)19-13/h4-7,9H,3,8,15H2,1-2H3,(H,16,17). The van der Waals surface area contributed by atoms with E-state index in [2.05, 4.69) is 5.32 Å². The van der Waals surface area contributed by atoms with Crippen LogP contribution in [-0.2, 0) is 4.74 Å². The van der Waals surface area contributed by atoms with E-state index in [9.17, 15) is 4.79 Å². The number of rotatable bonds is 5. The van der Waals surface area contributed by atoms with Crippen molar-refractivity contribution in [3.05, 3.63) is 29.1 Å². The normalized spacial score (nSPS) is 12.5. The zero-order valence-corrected chi connectivity index (χ0v) is 11.9. The molecule has 19 heavy (non-hydrogen) atoms. The summed E-state index contributed by atoms with van der Waals surface area (Å²) in [5, 5.41) is 3.93. The molecule has 4 nitrogen and oxygen atoms in total. The molecule has 1 heterocycles. The van der Waals surface area contributed by atoms with Crippen LogP contribution in [0.1, 0.15) is 23.5 Å². The first-order chi connectivity index (χ1) is 9.10. The number of hydrogen-bond donors (Lipinski definition) is 2. The van der Waals surface area contributed by atoms with Crippen LogP contribution in [0.4, 0.5) is 5.69 Å². The van der Waals surface area contributed by atoms with Gasteiger partial charge in [-0.1, -0.05) is 0 Å². The van der Waals surface area contributed by atoms with Crippen molar-refractivity contribution < 1.29 is 9.53 Å². The number of benzene rings is 1. The van der Waals surface area contributed by atoms with Gasteiger partial charge in [0.15, 0.2) is 0 Å². The Morgan fingerprint density at radius 3 is 3.00 bits per heavy atom. The number of fused-ring (bicyclic) bond motifs is 1. The van der Waals surface area contributed by atoms with Crippen molar-refractivity contribution in [1.29, 1.82) is 0 Å². The lowest BCUT2D eigenvalue weighted by molar-refractivity contribution is 0.0876. The molecule has 1 aromatic carbocycles. The molecule has 0 aliphatic rings. The van der Waals surface area contributed by atoms with Gasteiger partial charge in [-0.2, -0.15) is 0 Å². The van der Waals surface area contributed by atoms with Crippen molar-refractivity contribution in [1.82, 2.24) is 5.32 Å². The van der Waals surface area contributed by atoms with Crippen LogP contribution in [0.25, 0.3) is 10.1 Å². The minimum absolute atomic E-state index is 0.00253. The van der Waals surface area contributed by atoms with Gasteiger partial charge in [-0.3, -0.25) is 4.79 Å². The van der Waals surface area contributed by atoms with Gasteiger partial charge in [-0.25, -0.2) is 0 Å². The van der Waals surface area contributed by atoms with E-state index in [1.165, 1.54) is 11.3 Å². The summed E-state index contributed by atoms with van der Waals surface area (Å²) in [4.78, 5) is 12.8. The predicted molar refractivity (Wildman–Crippen MR) is 79.7 cm³/mol. The van der Waals surface area contributed by atoms with E-state index < -0.39 is 0 Å². The molecule has 1 aromatic heterocycles. The summed E-state index contributed by atoms with van der Waals surface area (Å²) < 4.78 is 6.35. The highest BCUT2D eigenvalue weighted by Crippen LogP contribution is 2.27. The van der Waals surface area contributed by atoms with Crippen molar-refractivity contribution in [2.24, 2.45) is 0 Å². The molecule has 2 rings (SSSR count). The average Bonchev–Trinajstić information content (AvgIpc) is 2.79. The highest BCUT2D eigenvalue weighted by Gasteiger charge is 2.13. The Morgan fingerprint density at radius 1 is 1.47 bits per heavy atom. The number of thiophene rings is 1. The molecule has 0 radical (unpaired) electrons. The number of hydrogen-bond acceptors (Lipinski definition) is 4. The minimum atomic E-state index is -0.0630. The Balaban J connectivity index is 2.08. The molecule has 0 aliphatic carbocycles. The van der Waals surface area contributed by atoms with E-state index in [0.717, 1.165) is 10.1 Å². The number of amides is 1. The maximum atomic E-state index is 12.1. The Bertz CT molecular complexity index is 580. The van der Waals surface area contributed by atoms with Crippen LogP contribution >= 0.6 is 11.3 Å². The number of nitrogens with two attached hydrogens (primary N) is 1. The van der Waals surface area contributed by atoms with Gasteiger partial charge in [-0.15, -0.1) is 11.3 Å². The molecule has 0 bridgehead atoms. The van der Waals surface area contributed by atoms with Crippen LogP contribution in [0.5, 0.6) is 0 Å². The zero-order chi connectivity index (χ0) is 13.8. The summed E-state index contributed by atoms with van der Waals surface area (Å²) in [5.41, 5.74) is 6.44. The molecule has 0 fully saturated rings. The summed E-state index contributed by atoms with van der Waals surface area (Å²) in [5.74, 6) is -0.0630. The molecular formula is C14H18N2O2S. The fourth-order valence-electron chi connectivity index (χ4n) is 1.80. The Hall–Kier alpha value is -1.59. The minimum Gasteiger partial charge on any atom is -0.399 e. The first-order valence-corrected chi connectivity index (χ1v) is 7.09. The van der Waals surface area contributed by atoms with E-state index in [1.54, 1.807) is 0 Å². The molecular weight excluding hydrogens is 260 g/mol. The highest BCUT2D eigenvalue weighted by atomic mass is 32.1. The Morgan fingerprint density at radius 2 is 2.26 bits per heavy atom. The van der Waals surface area contributed by atoms with Crippen molar-refractivity contribution >= 4 is 33.0 Å². The number of nitrogens with one attached hydrogen (secondary N) is 1. The molecule has 0 saturated heterocycles. The largest absolute Gasteiger partial charge is 0.399 e. The van der Waals surface area contributed by atoms with E-state index in [-0.39, 0.29) is 11.9 Å². The number of nitrogen functional groups attached to an aromatic ring is 1. The van der Waals surface area contributed by atoms with Gasteiger partial charge in [-0.05, 0) is 43.5 Å². The molecule has 0 spiro atoms.